The Bertz CT molecular complexity index is 2160. The van der Waals surface area contributed by atoms with Crippen LogP contribution in [-0.4, -0.2) is 35.2 Å². The molecule has 0 spiro atoms. The summed E-state index contributed by atoms with van der Waals surface area (Å²) in [5.41, 5.74) is 0.293. The van der Waals surface area contributed by atoms with E-state index in [1.165, 1.54) is 52.1 Å². The fourth-order valence-electron chi connectivity index (χ4n) is 5.99. The number of alkyl halides is 3. The van der Waals surface area contributed by atoms with Gasteiger partial charge in [0.1, 0.15) is 5.54 Å². The predicted octanol–water partition coefficient (Wildman–Crippen LogP) is 8.55. The minimum atomic E-state index is -4.82. The highest BCUT2D eigenvalue weighted by Crippen LogP contribution is 2.44. The smallest absolute Gasteiger partial charge is 0.435 e. The maximum atomic E-state index is 15.0. The molecule has 48 heavy (non-hydrogen) atoms. The molecule has 0 saturated heterocycles. The van der Waals surface area contributed by atoms with Crippen molar-refractivity contribution in [3.63, 3.8) is 0 Å². The Labute approximate surface area is 276 Å². The lowest BCUT2D eigenvalue weighted by Crippen LogP contribution is -2.38. The van der Waals surface area contributed by atoms with Gasteiger partial charge in [-0.1, -0.05) is 103 Å². The SMILES string of the molecule is O=C(O)c1ccc(Nc2nccn3c(-c4cn(C(c5ccccc5)(c5ccccc5)c5ccccc5)nc4C(F)(F)F)cnc23)cc1Cl. The molecule has 0 bridgehead atoms. The van der Waals surface area contributed by atoms with Crippen molar-refractivity contribution in [1.82, 2.24) is 24.1 Å². The third-order valence-corrected chi connectivity index (χ3v) is 8.38. The topological polar surface area (TPSA) is 97.3 Å². The van der Waals surface area contributed by atoms with E-state index in [0.717, 1.165) is 0 Å². The zero-order chi connectivity index (χ0) is 33.5. The van der Waals surface area contributed by atoms with Crippen LogP contribution in [0.5, 0.6) is 0 Å². The highest BCUT2D eigenvalue weighted by atomic mass is 35.5. The Morgan fingerprint density at radius 1 is 0.812 bits per heavy atom. The summed E-state index contributed by atoms with van der Waals surface area (Å²) in [4.78, 5) is 20.2. The van der Waals surface area contributed by atoms with Crippen LogP contribution in [0.3, 0.4) is 0 Å². The Morgan fingerprint density at radius 2 is 1.40 bits per heavy atom. The van der Waals surface area contributed by atoms with Crippen LogP contribution < -0.4 is 5.32 Å². The molecule has 7 aromatic rings. The standard InChI is InChI=1S/C36H24ClF3N6O2/c37-29-20-26(16-17-27(29)34(47)48)43-32-33-42-21-30(45(33)19-18-41-32)28-22-46(44-31(28)36(38,39)40)35(23-10-4-1-5-11-23,24-12-6-2-7-13-24)25-14-8-3-9-15-25/h1-22H,(H,41,43)(H,47,48). The molecule has 0 fully saturated rings. The second kappa shape index (κ2) is 12.0. The van der Waals surface area contributed by atoms with E-state index in [1.54, 1.807) is 0 Å². The summed E-state index contributed by atoms with van der Waals surface area (Å²) in [5, 5.41) is 16.7. The lowest BCUT2D eigenvalue weighted by molar-refractivity contribution is -0.141. The Kier molecular flexibility index (Phi) is 7.68. The Balaban J connectivity index is 1.44. The lowest BCUT2D eigenvalue weighted by Gasteiger charge is -2.36. The van der Waals surface area contributed by atoms with Crippen molar-refractivity contribution < 1.29 is 23.1 Å². The summed E-state index contributed by atoms with van der Waals surface area (Å²) >= 11 is 6.15. The van der Waals surface area contributed by atoms with Crippen LogP contribution in [0.15, 0.2) is 134 Å². The zero-order valence-corrected chi connectivity index (χ0v) is 25.6. The number of hydrogen-bond donors (Lipinski definition) is 2. The van der Waals surface area contributed by atoms with Gasteiger partial charge in [0.25, 0.3) is 0 Å². The average molecular weight is 665 g/mol. The number of aromatic carboxylic acids is 1. The first-order chi connectivity index (χ1) is 23.2. The Hall–Kier alpha value is -5.94. The minimum absolute atomic E-state index is 0.00412. The third-order valence-electron chi connectivity index (χ3n) is 8.07. The number of aromatic nitrogens is 5. The molecule has 7 rings (SSSR count). The molecule has 12 heteroatoms. The van der Waals surface area contributed by atoms with E-state index in [4.69, 9.17) is 11.6 Å². The van der Waals surface area contributed by atoms with E-state index in [0.29, 0.717) is 22.4 Å². The number of imidazole rings is 1. The van der Waals surface area contributed by atoms with E-state index in [2.05, 4.69) is 20.4 Å². The third kappa shape index (κ3) is 5.23. The highest BCUT2D eigenvalue weighted by molar-refractivity contribution is 6.33. The number of nitrogens with one attached hydrogen (secondary N) is 1. The summed E-state index contributed by atoms with van der Waals surface area (Å²) in [6, 6.07) is 32.2. The van der Waals surface area contributed by atoms with Gasteiger partial charge in [-0.2, -0.15) is 18.3 Å². The van der Waals surface area contributed by atoms with Gasteiger partial charge in [0.05, 0.1) is 28.0 Å². The van der Waals surface area contributed by atoms with E-state index in [1.807, 2.05) is 91.0 Å². The molecule has 0 radical (unpaired) electrons. The summed E-state index contributed by atoms with van der Waals surface area (Å²) in [7, 11) is 0. The molecule has 8 nitrogen and oxygen atoms in total. The maximum Gasteiger partial charge on any atom is 0.435 e. The summed E-state index contributed by atoms with van der Waals surface area (Å²) in [6.45, 7) is 0. The molecule has 0 aliphatic carbocycles. The number of carboxylic acids is 1. The molecule has 0 aliphatic heterocycles. The molecule has 0 unspecified atom stereocenters. The fraction of sp³-hybridized carbons (Fsp3) is 0.0556. The number of nitrogens with zero attached hydrogens (tertiary/aromatic N) is 5. The summed E-state index contributed by atoms with van der Waals surface area (Å²) in [6.07, 6.45) is 0.871. The summed E-state index contributed by atoms with van der Waals surface area (Å²) in [5.74, 6) is -0.961. The van der Waals surface area contributed by atoms with Crippen molar-refractivity contribution in [2.24, 2.45) is 0 Å². The van der Waals surface area contributed by atoms with Gasteiger partial charge in [-0.3, -0.25) is 9.08 Å². The van der Waals surface area contributed by atoms with Gasteiger partial charge in [0.2, 0.25) is 0 Å². The van der Waals surface area contributed by atoms with Crippen molar-refractivity contribution >= 4 is 34.7 Å². The van der Waals surface area contributed by atoms with Crippen LogP contribution in [0, 0.1) is 0 Å². The number of fused-ring (bicyclic) bond motifs is 1. The number of hydrogen-bond acceptors (Lipinski definition) is 5. The first-order valence-corrected chi connectivity index (χ1v) is 15.0. The molecule has 0 atom stereocenters. The monoisotopic (exact) mass is 664 g/mol. The molecule has 4 aromatic carbocycles. The van der Waals surface area contributed by atoms with Crippen molar-refractivity contribution in [2.75, 3.05) is 5.32 Å². The van der Waals surface area contributed by atoms with E-state index in [9.17, 15) is 23.1 Å². The molecular formula is C36H24ClF3N6O2. The van der Waals surface area contributed by atoms with Crippen molar-refractivity contribution in [1.29, 1.82) is 0 Å². The number of carbonyl (C=O) groups is 1. The quantitative estimate of drug-likeness (QED) is 0.158. The van der Waals surface area contributed by atoms with Gasteiger partial charge in [0.15, 0.2) is 17.2 Å². The van der Waals surface area contributed by atoms with Crippen molar-refractivity contribution in [3.8, 4) is 11.3 Å². The van der Waals surface area contributed by atoms with Crippen LogP contribution in [0.25, 0.3) is 16.9 Å². The Morgan fingerprint density at radius 3 is 1.92 bits per heavy atom. The fourth-order valence-corrected chi connectivity index (χ4v) is 6.25. The maximum absolute atomic E-state index is 15.0. The van der Waals surface area contributed by atoms with E-state index < -0.39 is 23.4 Å². The van der Waals surface area contributed by atoms with Gasteiger partial charge in [-0.15, -0.1) is 0 Å². The predicted molar refractivity (Wildman–Crippen MR) is 176 cm³/mol. The second-order valence-corrected chi connectivity index (χ2v) is 11.3. The number of carboxylic acid groups (broad SMARTS) is 1. The van der Waals surface area contributed by atoms with E-state index >= 15 is 0 Å². The molecule has 0 aliphatic rings. The molecule has 238 valence electrons. The van der Waals surface area contributed by atoms with Crippen LogP contribution in [0.1, 0.15) is 32.7 Å². The second-order valence-electron chi connectivity index (χ2n) is 10.9. The number of rotatable bonds is 8. The average Bonchev–Trinajstić information content (AvgIpc) is 3.73. The van der Waals surface area contributed by atoms with Crippen molar-refractivity contribution in [2.45, 2.75) is 11.7 Å². The normalized spacial score (nSPS) is 11.9. The van der Waals surface area contributed by atoms with Gasteiger partial charge in [-0.05, 0) is 34.9 Å². The first kappa shape index (κ1) is 30.7. The van der Waals surface area contributed by atoms with Crippen molar-refractivity contribution in [3.05, 3.63) is 167 Å². The number of anilines is 2. The molecule has 2 N–H and O–H groups in total. The first-order valence-electron chi connectivity index (χ1n) is 14.6. The van der Waals surface area contributed by atoms with Gasteiger partial charge in [0, 0.05) is 24.3 Å². The van der Waals surface area contributed by atoms with Crippen LogP contribution in [0.4, 0.5) is 24.7 Å². The molecular weight excluding hydrogens is 641 g/mol. The van der Waals surface area contributed by atoms with Gasteiger partial charge >= 0.3 is 12.1 Å². The van der Waals surface area contributed by atoms with E-state index in [-0.39, 0.29) is 33.3 Å². The van der Waals surface area contributed by atoms with Gasteiger partial charge in [-0.25, -0.2) is 14.8 Å². The number of halogens is 4. The molecule has 3 heterocycles. The van der Waals surface area contributed by atoms with Crippen LogP contribution >= 0.6 is 11.6 Å². The summed E-state index contributed by atoms with van der Waals surface area (Å²) < 4.78 is 47.8. The molecule has 3 aromatic heterocycles. The zero-order valence-electron chi connectivity index (χ0n) is 24.8. The largest absolute Gasteiger partial charge is 0.478 e. The minimum Gasteiger partial charge on any atom is -0.478 e. The highest BCUT2D eigenvalue weighted by Gasteiger charge is 2.44. The number of benzene rings is 4. The van der Waals surface area contributed by atoms with Crippen LogP contribution in [-0.2, 0) is 11.7 Å². The lowest BCUT2D eigenvalue weighted by atomic mass is 9.77. The molecule has 0 saturated carbocycles. The molecule has 0 amide bonds. The van der Waals surface area contributed by atoms with Crippen LogP contribution in [0.2, 0.25) is 5.02 Å². The van der Waals surface area contributed by atoms with Gasteiger partial charge < -0.3 is 10.4 Å².